The Morgan fingerprint density at radius 3 is 2.57 bits per heavy atom. The van der Waals surface area contributed by atoms with Crippen molar-refractivity contribution in [3.05, 3.63) is 16.1 Å². The monoisotopic (exact) mass is 425 g/mol. The van der Waals surface area contributed by atoms with E-state index >= 15 is 0 Å². The lowest BCUT2D eigenvalue weighted by molar-refractivity contribution is 0.277. The van der Waals surface area contributed by atoms with E-state index in [9.17, 15) is 0 Å². The summed E-state index contributed by atoms with van der Waals surface area (Å²) in [7, 11) is 5.99. The maximum atomic E-state index is 4.48. The molecular weight excluding hydrogens is 397 g/mol. The summed E-state index contributed by atoms with van der Waals surface area (Å²) in [5.41, 5.74) is 1.09. The van der Waals surface area contributed by atoms with Crippen LogP contribution >= 0.6 is 35.3 Å². The van der Waals surface area contributed by atoms with Gasteiger partial charge in [-0.15, -0.1) is 35.3 Å². The minimum Gasteiger partial charge on any atom is -0.355 e. The van der Waals surface area contributed by atoms with Crippen LogP contribution in [-0.2, 0) is 6.54 Å². The van der Waals surface area contributed by atoms with Crippen LogP contribution in [-0.4, -0.2) is 61.0 Å². The molecule has 0 amide bonds. The summed E-state index contributed by atoms with van der Waals surface area (Å²) < 4.78 is 0. The van der Waals surface area contributed by atoms with Gasteiger partial charge in [0.05, 0.1) is 17.2 Å². The minimum atomic E-state index is 0. The Labute approximate surface area is 149 Å². The predicted molar refractivity (Wildman–Crippen MR) is 103 cm³/mol. The van der Waals surface area contributed by atoms with Crippen molar-refractivity contribution >= 4 is 41.3 Å². The van der Waals surface area contributed by atoms with Crippen molar-refractivity contribution in [2.45, 2.75) is 33.4 Å². The topological polar surface area (TPSA) is 43.8 Å². The molecule has 7 heteroatoms. The Bertz CT molecular complexity index is 433. The fraction of sp³-hybridized carbons (Fsp3) is 0.714. The molecule has 122 valence electrons. The molecule has 1 rings (SSSR count). The summed E-state index contributed by atoms with van der Waals surface area (Å²) >= 11 is 1.69. The van der Waals surface area contributed by atoms with Crippen LogP contribution in [0.15, 0.2) is 10.4 Å². The number of nitrogens with one attached hydrogen (secondary N) is 1. The molecule has 0 bridgehead atoms. The van der Waals surface area contributed by atoms with E-state index in [0.717, 1.165) is 36.3 Å². The largest absolute Gasteiger partial charge is 0.355 e. The maximum Gasteiger partial charge on any atom is 0.193 e. The quantitative estimate of drug-likeness (QED) is 0.432. The van der Waals surface area contributed by atoms with Crippen molar-refractivity contribution in [1.29, 1.82) is 0 Å². The summed E-state index contributed by atoms with van der Waals surface area (Å²) in [5, 5.41) is 6.60. The van der Waals surface area contributed by atoms with Crippen LogP contribution in [0, 0.1) is 6.92 Å². The van der Waals surface area contributed by atoms with E-state index in [-0.39, 0.29) is 24.0 Å². The molecule has 0 atom stereocenters. The number of hydrogen-bond acceptors (Lipinski definition) is 4. The second-order valence-electron chi connectivity index (χ2n) is 5.26. The summed E-state index contributed by atoms with van der Waals surface area (Å²) in [4.78, 5) is 13.2. The Balaban J connectivity index is 0.00000400. The van der Waals surface area contributed by atoms with E-state index < -0.39 is 0 Å². The van der Waals surface area contributed by atoms with Gasteiger partial charge in [0.2, 0.25) is 0 Å². The Morgan fingerprint density at radius 1 is 1.43 bits per heavy atom. The number of halogens is 1. The molecule has 0 saturated heterocycles. The number of thiazole rings is 1. The van der Waals surface area contributed by atoms with Crippen molar-refractivity contribution in [3.8, 4) is 0 Å². The average molecular weight is 425 g/mol. The standard InChI is InChI=1S/C14H27N5S.HI/c1-11(2)18(5)8-7-16-14(15-4)19(6)9-13-10-20-12(3)17-13;/h10-11H,7-9H2,1-6H3,(H,15,16);1H. The van der Waals surface area contributed by atoms with Gasteiger partial charge in [-0.25, -0.2) is 4.98 Å². The van der Waals surface area contributed by atoms with E-state index in [1.807, 2.05) is 21.0 Å². The smallest absolute Gasteiger partial charge is 0.193 e. The number of hydrogen-bond donors (Lipinski definition) is 1. The first-order valence-corrected chi connectivity index (χ1v) is 7.85. The summed E-state index contributed by atoms with van der Waals surface area (Å²) in [5.74, 6) is 0.910. The zero-order valence-corrected chi connectivity index (χ0v) is 17.0. The second kappa shape index (κ2) is 10.3. The second-order valence-corrected chi connectivity index (χ2v) is 6.32. The molecule has 0 aliphatic rings. The van der Waals surface area contributed by atoms with E-state index in [4.69, 9.17) is 0 Å². The number of aliphatic imine (C=N–C) groups is 1. The van der Waals surface area contributed by atoms with Gasteiger partial charge < -0.3 is 15.1 Å². The third-order valence-electron chi connectivity index (χ3n) is 3.27. The highest BCUT2D eigenvalue weighted by molar-refractivity contribution is 14.0. The lowest BCUT2D eigenvalue weighted by Crippen LogP contribution is -2.42. The fourth-order valence-corrected chi connectivity index (χ4v) is 2.39. The van der Waals surface area contributed by atoms with Crippen LogP contribution in [0.2, 0.25) is 0 Å². The van der Waals surface area contributed by atoms with E-state index in [1.165, 1.54) is 0 Å². The zero-order chi connectivity index (χ0) is 15.1. The molecule has 0 aliphatic heterocycles. The normalized spacial score (nSPS) is 11.7. The van der Waals surface area contributed by atoms with Gasteiger partial charge in [0.25, 0.3) is 0 Å². The lowest BCUT2D eigenvalue weighted by atomic mass is 10.3. The number of guanidine groups is 1. The first-order chi connectivity index (χ1) is 9.43. The predicted octanol–water partition coefficient (Wildman–Crippen LogP) is 2.42. The van der Waals surface area contributed by atoms with Crippen molar-refractivity contribution in [1.82, 2.24) is 20.1 Å². The van der Waals surface area contributed by atoms with Crippen LogP contribution in [0.25, 0.3) is 0 Å². The van der Waals surface area contributed by atoms with Crippen molar-refractivity contribution in [3.63, 3.8) is 0 Å². The van der Waals surface area contributed by atoms with Crippen LogP contribution in [0.1, 0.15) is 24.5 Å². The van der Waals surface area contributed by atoms with Gasteiger partial charge in [-0.2, -0.15) is 0 Å². The molecule has 0 aliphatic carbocycles. The van der Waals surface area contributed by atoms with Crippen molar-refractivity contribution in [2.24, 2.45) is 4.99 Å². The molecule has 0 aromatic carbocycles. The summed E-state index contributed by atoms with van der Waals surface area (Å²) in [6.45, 7) is 9.10. The molecular formula is C14H28IN5S. The molecule has 0 spiro atoms. The number of rotatable bonds is 6. The van der Waals surface area contributed by atoms with Gasteiger partial charge in [0, 0.05) is 38.6 Å². The summed E-state index contributed by atoms with van der Waals surface area (Å²) in [6.07, 6.45) is 0. The Hall–Kier alpha value is -0.410. The zero-order valence-electron chi connectivity index (χ0n) is 13.9. The molecule has 1 heterocycles. The number of likely N-dealkylation sites (N-methyl/N-ethyl adjacent to an activating group) is 1. The van der Waals surface area contributed by atoms with Gasteiger partial charge >= 0.3 is 0 Å². The molecule has 0 unspecified atom stereocenters. The SMILES string of the molecule is CN=C(NCCN(C)C(C)C)N(C)Cc1csc(C)n1.I. The lowest BCUT2D eigenvalue weighted by Gasteiger charge is -2.24. The van der Waals surface area contributed by atoms with Crippen molar-refractivity contribution < 1.29 is 0 Å². The summed E-state index contributed by atoms with van der Waals surface area (Å²) in [6, 6.07) is 0.564. The first-order valence-electron chi connectivity index (χ1n) is 6.97. The highest BCUT2D eigenvalue weighted by Crippen LogP contribution is 2.09. The third kappa shape index (κ3) is 7.42. The molecule has 1 aromatic rings. The highest BCUT2D eigenvalue weighted by Gasteiger charge is 2.09. The fourth-order valence-electron chi connectivity index (χ4n) is 1.79. The van der Waals surface area contributed by atoms with Gasteiger partial charge in [-0.1, -0.05) is 0 Å². The first kappa shape index (κ1) is 20.6. The van der Waals surface area contributed by atoms with Crippen molar-refractivity contribution in [2.75, 3.05) is 34.2 Å². The number of nitrogens with zero attached hydrogens (tertiary/aromatic N) is 4. The molecule has 0 fully saturated rings. The molecule has 1 N–H and O–H groups in total. The van der Waals surface area contributed by atoms with E-state index in [0.29, 0.717) is 6.04 Å². The molecule has 5 nitrogen and oxygen atoms in total. The minimum absolute atomic E-state index is 0. The number of aryl methyl sites for hydroxylation is 1. The maximum absolute atomic E-state index is 4.48. The van der Waals surface area contributed by atoms with Gasteiger partial charge in [0.15, 0.2) is 5.96 Å². The molecule has 1 aromatic heterocycles. The van der Waals surface area contributed by atoms with E-state index in [2.05, 4.69) is 51.4 Å². The van der Waals surface area contributed by atoms with Gasteiger partial charge in [-0.3, -0.25) is 4.99 Å². The van der Waals surface area contributed by atoms with Crippen LogP contribution in [0.5, 0.6) is 0 Å². The van der Waals surface area contributed by atoms with Crippen LogP contribution in [0.3, 0.4) is 0 Å². The van der Waals surface area contributed by atoms with Gasteiger partial charge in [-0.05, 0) is 27.8 Å². The third-order valence-corrected chi connectivity index (χ3v) is 4.09. The Morgan fingerprint density at radius 2 is 2.10 bits per heavy atom. The average Bonchev–Trinajstić information content (AvgIpc) is 2.79. The van der Waals surface area contributed by atoms with Crippen LogP contribution in [0.4, 0.5) is 0 Å². The molecule has 0 saturated carbocycles. The highest BCUT2D eigenvalue weighted by atomic mass is 127. The molecule has 0 radical (unpaired) electrons. The Kier molecular flexibility index (Phi) is 10.1. The van der Waals surface area contributed by atoms with Gasteiger partial charge in [0.1, 0.15) is 0 Å². The van der Waals surface area contributed by atoms with Crippen LogP contribution < -0.4 is 5.32 Å². The van der Waals surface area contributed by atoms with E-state index in [1.54, 1.807) is 11.3 Å². The molecule has 21 heavy (non-hydrogen) atoms. The number of aromatic nitrogens is 1.